The van der Waals surface area contributed by atoms with Gasteiger partial charge in [0.25, 0.3) is 0 Å². The van der Waals surface area contributed by atoms with Gasteiger partial charge in [0.15, 0.2) is 0 Å². The summed E-state index contributed by atoms with van der Waals surface area (Å²) in [6.07, 6.45) is 2.21. The maximum absolute atomic E-state index is 12.8. The number of hydrogen-bond acceptors (Lipinski definition) is 3. The van der Waals surface area contributed by atoms with Gasteiger partial charge in [0, 0.05) is 5.69 Å². The summed E-state index contributed by atoms with van der Waals surface area (Å²) in [6.45, 7) is 4.09. The van der Waals surface area contributed by atoms with E-state index in [1.807, 2.05) is 79.7 Å². The van der Waals surface area contributed by atoms with Crippen molar-refractivity contribution in [1.82, 2.24) is 0 Å². The first-order chi connectivity index (χ1) is 16.4. The summed E-state index contributed by atoms with van der Waals surface area (Å²) in [4.78, 5) is 24.2. The van der Waals surface area contributed by atoms with Gasteiger partial charge < -0.3 is 20.5 Å². The van der Waals surface area contributed by atoms with Gasteiger partial charge in [-0.25, -0.2) is 4.79 Å². The van der Waals surface area contributed by atoms with Crippen LogP contribution < -0.4 is 15.4 Å². The fourth-order valence-electron chi connectivity index (χ4n) is 4.11. The van der Waals surface area contributed by atoms with Crippen molar-refractivity contribution in [1.29, 1.82) is 0 Å². The molecule has 3 unspecified atom stereocenters. The number of carbonyl (C=O) groups is 2. The van der Waals surface area contributed by atoms with Gasteiger partial charge in [0.1, 0.15) is 11.9 Å². The minimum absolute atomic E-state index is 0.0483. The molecule has 1 saturated carbocycles. The number of amides is 2. The molecule has 0 aliphatic heterocycles. The van der Waals surface area contributed by atoms with E-state index in [0.29, 0.717) is 23.5 Å². The van der Waals surface area contributed by atoms with Crippen LogP contribution in [0.1, 0.15) is 54.9 Å². The summed E-state index contributed by atoms with van der Waals surface area (Å²) in [5, 5.41) is 15.1. The molecule has 34 heavy (non-hydrogen) atoms. The van der Waals surface area contributed by atoms with Gasteiger partial charge in [-0.2, -0.15) is 0 Å². The first-order valence-electron chi connectivity index (χ1n) is 11.7. The van der Waals surface area contributed by atoms with Gasteiger partial charge in [-0.3, -0.25) is 4.79 Å². The lowest BCUT2D eigenvalue weighted by Gasteiger charge is -2.22. The summed E-state index contributed by atoms with van der Waals surface area (Å²) in [6, 6.07) is 22.7. The van der Waals surface area contributed by atoms with Crippen molar-refractivity contribution < 1.29 is 19.4 Å². The second-order valence-corrected chi connectivity index (χ2v) is 8.79. The van der Waals surface area contributed by atoms with Crippen LogP contribution in [-0.4, -0.2) is 17.1 Å². The molecule has 3 aromatic rings. The zero-order chi connectivity index (χ0) is 24.1. The first kappa shape index (κ1) is 23.4. The molecular weight excluding hydrogens is 428 g/mol. The lowest BCUT2D eigenvalue weighted by Crippen LogP contribution is -2.20. The van der Waals surface area contributed by atoms with Crippen LogP contribution in [0.3, 0.4) is 0 Å². The molecule has 0 radical (unpaired) electrons. The minimum atomic E-state index is -0.788. The molecule has 0 saturated heterocycles. The molecule has 176 valence electrons. The van der Waals surface area contributed by atoms with E-state index in [2.05, 4.69) is 17.6 Å². The standard InChI is InChI=1S/C28H30N2O4/c1-3-7-25(19-8-5-4-6-9-19)34-26-15-12-20(22-17-23(22)27(31)32)16-24(26)30-28(33)29-21-13-10-18(2)11-14-21/h4-6,8-16,22-23,25H,3,7,17H2,1-2H3,(H,31,32)(H2,29,30,33). The second-order valence-electron chi connectivity index (χ2n) is 8.79. The quantitative estimate of drug-likeness (QED) is 0.331. The summed E-state index contributed by atoms with van der Waals surface area (Å²) in [5.74, 6) is -0.660. The summed E-state index contributed by atoms with van der Waals surface area (Å²) < 4.78 is 6.41. The minimum Gasteiger partial charge on any atom is -0.484 e. The Balaban J connectivity index is 1.58. The number of benzene rings is 3. The first-order valence-corrected chi connectivity index (χ1v) is 11.7. The molecule has 2 amide bonds. The normalized spacial score (nSPS) is 17.5. The largest absolute Gasteiger partial charge is 0.484 e. The average Bonchev–Trinajstić information content (AvgIpc) is 3.63. The Hall–Kier alpha value is -3.80. The third kappa shape index (κ3) is 5.76. The molecule has 1 aliphatic carbocycles. The lowest BCUT2D eigenvalue weighted by atomic mass is 10.0. The van der Waals surface area contributed by atoms with E-state index in [-0.39, 0.29) is 24.0 Å². The summed E-state index contributed by atoms with van der Waals surface area (Å²) >= 11 is 0. The second kappa shape index (κ2) is 10.4. The molecule has 1 aliphatic rings. The maximum Gasteiger partial charge on any atom is 0.323 e. The van der Waals surface area contributed by atoms with Crippen LogP contribution in [0.2, 0.25) is 0 Å². The Kier molecular flexibility index (Phi) is 7.16. The van der Waals surface area contributed by atoms with Crippen LogP contribution in [0.5, 0.6) is 5.75 Å². The van der Waals surface area contributed by atoms with E-state index >= 15 is 0 Å². The highest BCUT2D eigenvalue weighted by atomic mass is 16.5. The predicted octanol–water partition coefficient (Wildman–Crippen LogP) is 6.75. The number of anilines is 2. The Labute approximate surface area is 200 Å². The molecule has 3 N–H and O–H groups in total. The third-order valence-corrected chi connectivity index (χ3v) is 6.09. The topological polar surface area (TPSA) is 87.7 Å². The van der Waals surface area contributed by atoms with Crippen LogP contribution in [0.25, 0.3) is 0 Å². The van der Waals surface area contributed by atoms with Crippen LogP contribution >= 0.6 is 0 Å². The van der Waals surface area contributed by atoms with Gasteiger partial charge in [-0.05, 0) is 61.1 Å². The van der Waals surface area contributed by atoms with E-state index in [4.69, 9.17) is 4.74 Å². The van der Waals surface area contributed by atoms with Crippen molar-refractivity contribution >= 4 is 23.4 Å². The SMILES string of the molecule is CCCC(Oc1ccc(C2CC2C(=O)O)cc1NC(=O)Nc1ccc(C)cc1)c1ccccc1. The van der Waals surface area contributed by atoms with Crippen molar-refractivity contribution in [2.75, 3.05) is 10.6 Å². The molecule has 0 bridgehead atoms. The van der Waals surface area contributed by atoms with Crippen LogP contribution in [0.15, 0.2) is 72.8 Å². The molecular formula is C28H30N2O4. The maximum atomic E-state index is 12.8. The number of rotatable bonds is 9. The zero-order valence-corrected chi connectivity index (χ0v) is 19.5. The zero-order valence-electron chi connectivity index (χ0n) is 19.5. The number of aryl methyl sites for hydroxylation is 1. The number of carbonyl (C=O) groups excluding carboxylic acids is 1. The van der Waals surface area contributed by atoms with Gasteiger partial charge >= 0.3 is 12.0 Å². The van der Waals surface area contributed by atoms with Crippen LogP contribution in [-0.2, 0) is 4.79 Å². The molecule has 0 aromatic heterocycles. The highest BCUT2D eigenvalue weighted by Crippen LogP contribution is 2.49. The van der Waals surface area contributed by atoms with E-state index < -0.39 is 5.97 Å². The smallest absolute Gasteiger partial charge is 0.323 e. The van der Waals surface area contributed by atoms with Crippen molar-refractivity contribution in [3.05, 3.63) is 89.5 Å². The van der Waals surface area contributed by atoms with Gasteiger partial charge in [0.05, 0.1) is 11.6 Å². The lowest BCUT2D eigenvalue weighted by molar-refractivity contribution is -0.138. The van der Waals surface area contributed by atoms with Crippen LogP contribution in [0, 0.1) is 12.8 Å². The monoisotopic (exact) mass is 458 g/mol. The molecule has 3 atom stereocenters. The number of carboxylic acids is 1. The van der Waals surface area contributed by atoms with E-state index in [1.165, 1.54) is 0 Å². The number of aliphatic carboxylic acids is 1. The van der Waals surface area contributed by atoms with Crippen molar-refractivity contribution in [3.63, 3.8) is 0 Å². The Morgan fingerprint density at radius 3 is 2.41 bits per heavy atom. The number of hydrogen-bond donors (Lipinski definition) is 3. The molecule has 1 fully saturated rings. The van der Waals surface area contributed by atoms with Crippen molar-refractivity contribution in [2.45, 2.75) is 45.1 Å². The molecule has 6 heteroatoms. The molecule has 3 aromatic carbocycles. The molecule has 0 heterocycles. The number of ether oxygens (including phenoxy) is 1. The van der Waals surface area contributed by atoms with Crippen molar-refractivity contribution in [3.8, 4) is 5.75 Å². The average molecular weight is 459 g/mol. The van der Waals surface area contributed by atoms with Gasteiger partial charge in [0.2, 0.25) is 0 Å². The Morgan fingerprint density at radius 1 is 1.03 bits per heavy atom. The molecule has 0 spiro atoms. The Bertz CT molecular complexity index is 1140. The predicted molar refractivity (Wildman–Crippen MR) is 133 cm³/mol. The van der Waals surface area contributed by atoms with E-state index in [0.717, 1.165) is 29.5 Å². The fraction of sp³-hybridized carbons (Fsp3) is 0.286. The molecule has 6 nitrogen and oxygen atoms in total. The van der Waals surface area contributed by atoms with Gasteiger partial charge in [-0.15, -0.1) is 0 Å². The Morgan fingerprint density at radius 2 is 1.76 bits per heavy atom. The fourth-order valence-corrected chi connectivity index (χ4v) is 4.11. The summed E-state index contributed by atoms with van der Waals surface area (Å²) in [5.41, 5.74) is 4.27. The third-order valence-electron chi connectivity index (χ3n) is 6.09. The highest BCUT2D eigenvalue weighted by Gasteiger charge is 2.44. The number of urea groups is 1. The molecule has 4 rings (SSSR count). The summed E-state index contributed by atoms with van der Waals surface area (Å²) in [7, 11) is 0. The van der Waals surface area contributed by atoms with E-state index in [1.54, 1.807) is 0 Å². The van der Waals surface area contributed by atoms with Crippen molar-refractivity contribution in [2.24, 2.45) is 5.92 Å². The highest BCUT2D eigenvalue weighted by molar-refractivity contribution is 6.00. The van der Waals surface area contributed by atoms with Crippen LogP contribution in [0.4, 0.5) is 16.2 Å². The number of nitrogens with one attached hydrogen (secondary N) is 2. The van der Waals surface area contributed by atoms with E-state index in [9.17, 15) is 14.7 Å². The van der Waals surface area contributed by atoms with Gasteiger partial charge in [-0.1, -0.05) is 67.4 Å². The number of carboxylic acid groups (broad SMARTS) is 1.